The van der Waals surface area contributed by atoms with Gasteiger partial charge < -0.3 is 20.9 Å². The average Bonchev–Trinajstić information content (AvgIpc) is 2.64. The molecule has 0 aliphatic carbocycles. The van der Waals surface area contributed by atoms with E-state index in [1.54, 1.807) is 7.05 Å². The quantitative estimate of drug-likeness (QED) is 0.251. The van der Waals surface area contributed by atoms with Gasteiger partial charge in [-0.1, -0.05) is 38.5 Å². The van der Waals surface area contributed by atoms with E-state index in [1.807, 2.05) is 20.8 Å². The maximum atomic E-state index is 11.9. The van der Waals surface area contributed by atoms with Gasteiger partial charge in [-0.3, -0.25) is 9.79 Å². The average molecular weight is 501 g/mol. The molecule has 158 valence electrons. The van der Waals surface area contributed by atoms with Crippen molar-refractivity contribution >= 4 is 41.5 Å². The summed E-state index contributed by atoms with van der Waals surface area (Å²) in [7, 11) is 1.78. The number of aryl methyl sites for hydroxylation is 1. The van der Waals surface area contributed by atoms with E-state index in [4.69, 9.17) is 0 Å². The van der Waals surface area contributed by atoms with Crippen LogP contribution in [0, 0.1) is 12.3 Å². The number of anilines is 1. The predicted octanol–water partition coefficient (Wildman–Crippen LogP) is 2.91. The molecular formula is C21H36IN5O. The predicted molar refractivity (Wildman–Crippen MR) is 129 cm³/mol. The number of halogens is 1. The van der Waals surface area contributed by atoms with Gasteiger partial charge in [-0.2, -0.15) is 0 Å². The molecule has 1 saturated heterocycles. The van der Waals surface area contributed by atoms with E-state index >= 15 is 0 Å². The first-order valence-corrected chi connectivity index (χ1v) is 9.86. The fourth-order valence-electron chi connectivity index (χ4n) is 3.10. The molecule has 0 aromatic heterocycles. The second kappa shape index (κ2) is 11.5. The highest BCUT2D eigenvalue weighted by atomic mass is 127. The van der Waals surface area contributed by atoms with Gasteiger partial charge in [0.2, 0.25) is 5.91 Å². The highest BCUT2D eigenvalue weighted by molar-refractivity contribution is 14.0. The van der Waals surface area contributed by atoms with Crippen molar-refractivity contribution in [2.75, 3.05) is 38.1 Å². The Morgan fingerprint density at radius 1 is 1.18 bits per heavy atom. The van der Waals surface area contributed by atoms with Gasteiger partial charge in [-0.25, -0.2) is 0 Å². The minimum absolute atomic E-state index is 0. The van der Waals surface area contributed by atoms with E-state index in [1.165, 1.54) is 11.3 Å². The second-order valence-electron chi connectivity index (χ2n) is 8.27. The number of carbonyl (C=O) groups excluding carboxylic acids is 1. The standard InChI is InChI=1S/C21H35N5O.HI/c1-16-8-10-18(11-9-16)26-14-6-7-17(15-26)25-20(22-5)24-13-12-23-19(27)21(2,3)4;/h8-11,17H,6-7,12-15H2,1-5H3,(H,23,27)(H2,22,24,25);1H. The molecule has 3 N–H and O–H groups in total. The molecule has 1 aliphatic rings. The van der Waals surface area contributed by atoms with Crippen LogP contribution in [0.3, 0.4) is 0 Å². The van der Waals surface area contributed by atoms with E-state index in [0.29, 0.717) is 19.1 Å². The number of amides is 1. The SMILES string of the molecule is CN=C(NCCNC(=O)C(C)(C)C)NC1CCCN(c2ccc(C)cc2)C1.I. The number of benzene rings is 1. The maximum absolute atomic E-state index is 11.9. The largest absolute Gasteiger partial charge is 0.369 e. The van der Waals surface area contributed by atoms with E-state index in [0.717, 1.165) is 31.9 Å². The zero-order valence-electron chi connectivity index (χ0n) is 17.8. The Labute approximate surface area is 187 Å². The Morgan fingerprint density at radius 2 is 1.82 bits per heavy atom. The molecule has 7 heteroatoms. The van der Waals surface area contributed by atoms with Gasteiger partial charge >= 0.3 is 0 Å². The summed E-state index contributed by atoms with van der Waals surface area (Å²) >= 11 is 0. The number of piperidine rings is 1. The molecule has 1 heterocycles. The number of carbonyl (C=O) groups is 1. The summed E-state index contributed by atoms with van der Waals surface area (Å²) in [6.07, 6.45) is 2.29. The van der Waals surface area contributed by atoms with Gasteiger partial charge in [0, 0.05) is 50.4 Å². The number of aliphatic imine (C=N–C) groups is 1. The Morgan fingerprint density at radius 3 is 2.43 bits per heavy atom. The third kappa shape index (κ3) is 7.85. The lowest BCUT2D eigenvalue weighted by Crippen LogP contribution is -2.52. The first kappa shape index (κ1) is 24.5. The van der Waals surface area contributed by atoms with Crippen LogP contribution in [0.5, 0.6) is 0 Å². The summed E-state index contributed by atoms with van der Waals surface area (Å²) in [5, 5.41) is 9.76. The summed E-state index contributed by atoms with van der Waals surface area (Å²) < 4.78 is 0. The van der Waals surface area contributed by atoms with Crippen molar-refractivity contribution in [1.82, 2.24) is 16.0 Å². The molecule has 6 nitrogen and oxygen atoms in total. The molecule has 1 aromatic rings. The highest BCUT2D eigenvalue weighted by Crippen LogP contribution is 2.20. The van der Waals surface area contributed by atoms with Crippen molar-refractivity contribution in [2.24, 2.45) is 10.4 Å². The first-order valence-electron chi connectivity index (χ1n) is 9.86. The molecular weight excluding hydrogens is 465 g/mol. The fourth-order valence-corrected chi connectivity index (χ4v) is 3.10. The lowest BCUT2D eigenvalue weighted by atomic mass is 9.96. The van der Waals surface area contributed by atoms with Crippen LogP contribution in [-0.4, -0.2) is 51.1 Å². The second-order valence-corrected chi connectivity index (χ2v) is 8.27. The smallest absolute Gasteiger partial charge is 0.225 e. The van der Waals surface area contributed by atoms with E-state index in [2.05, 4.69) is 57.0 Å². The van der Waals surface area contributed by atoms with Gasteiger partial charge in [0.05, 0.1) is 0 Å². The Hall–Kier alpha value is -1.51. The van der Waals surface area contributed by atoms with Crippen LogP contribution in [0.25, 0.3) is 0 Å². The molecule has 2 rings (SSSR count). The van der Waals surface area contributed by atoms with Crippen LogP contribution in [0.2, 0.25) is 0 Å². The topological polar surface area (TPSA) is 68.8 Å². The zero-order chi connectivity index (χ0) is 19.9. The third-order valence-electron chi connectivity index (χ3n) is 4.77. The normalized spacial score (nSPS) is 17.5. The van der Waals surface area contributed by atoms with Crippen LogP contribution in [0.4, 0.5) is 5.69 Å². The maximum Gasteiger partial charge on any atom is 0.225 e. The van der Waals surface area contributed by atoms with Crippen molar-refractivity contribution in [1.29, 1.82) is 0 Å². The lowest BCUT2D eigenvalue weighted by molar-refractivity contribution is -0.128. The summed E-state index contributed by atoms with van der Waals surface area (Å²) in [5.41, 5.74) is 2.20. The van der Waals surface area contributed by atoms with Crippen molar-refractivity contribution < 1.29 is 4.79 Å². The summed E-state index contributed by atoms with van der Waals surface area (Å²) in [5.74, 6) is 0.851. The van der Waals surface area contributed by atoms with Gasteiger partial charge in [0.15, 0.2) is 5.96 Å². The number of nitrogens with one attached hydrogen (secondary N) is 3. The van der Waals surface area contributed by atoms with Crippen LogP contribution in [0.15, 0.2) is 29.3 Å². The summed E-state index contributed by atoms with van der Waals surface area (Å²) in [4.78, 5) is 18.6. The fraction of sp³-hybridized carbons (Fsp3) is 0.619. The Balaban J connectivity index is 0.00000392. The van der Waals surface area contributed by atoms with Crippen molar-refractivity contribution in [2.45, 2.75) is 46.6 Å². The van der Waals surface area contributed by atoms with E-state index < -0.39 is 0 Å². The zero-order valence-corrected chi connectivity index (χ0v) is 20.2. The Bertz CT molecular complexity index is 639. The minimum atomic E-state index is -0.360. The lowest BCUT2D eigenvalue weighted by Gasteiger charge is -2.35. The van der Waals surface area contributed by atoms with Crippen LogP contribution in [0.1, 0.15) is 39.2 Å². The molecule has 1 unspecified atom stereocenters. The van der Waals surface area contributed by atoms with Gasteiger partial charge in [0.1, 0.15) is 0 Å². The number of nitrogens with zero attached hydrogens (tertiary/aromatic N) is 2. The van der Waals surface area contributed by atoms with Crippen LogP contribution >= 0.6 is 24.0 Å². The molecule has 28 heavy (non-hydrogen) atoms. The molecule has 0 saturated carbocycles. The monoisotopic (exact) mass is 501 g/mol. The summed E-state index contributed by atoms with van der Waals surface area (Å²) in [6.45, 7) is 11.1. The third-order valence-corrected chi connectivity index (χ3v) is 4.77. The Kier molecular flexibility index (Phi) is 10.1. The number of hydrogen-bond donors (Lipinski definition) is 3. The number of guanidine groups is 1. The molecule has 1 atom stereocenters. The van der Waals surface area contributed by atoms with Crippen LogP contribution in [-0.2, 0) is 4.79 Å². The summed E-state index contributed by atoms with van der Waals surface area (Å²) in [6, 6.07) is 9.08. The molecule has 1 aliphatic heterocycles. The molecule has 1 aromatic carbocycles. The molecule has 1 fully saturated rings. The highest BCUT2D eigenvalue weighted by Gasteiger charge is 2.22. The minimum Gasteiger partial charge on any atom is -0.369 e. The van der Waals surface area contributed by atoms with Gasteiger partial charge in [-0.15, -0.1) is 24.0 Å². The van der Waals surface area contributed by atoms with Crippen molar-refractivity contribution in [3.8, 4) is 0 Å². The van der Waals surface area contributed by atoms with E-state index in [-0.39, 0.29) is 35.3 Å². The number of hydrogen-bond acceptors (Lipinski definition) is 3. The van der Waals surface area contributed by atoms with Crippen molar-refractivity contribution in [3.05, 3.63) is 29.8 Å². The van der Waals surface area contributed by atoms with Crippen LogP contribution < -0.4 is 20.9 Å². The molecule has 0 bridgehead atoms. The van der Waals surface area contributed by atoms with Crippen molar-refractivity contribution in [3.63, 3.8) is 0 Å². The van der Waals surface area contributed by atoms with Gasteiger partial charge in [0.25, 0.3) is 0 Å². The van der Waals surface area contributed by atoms with Gasteiger partial charge in [-0.05, 0) is 31.9 Å². The molecule has 0 radical (unpaired) electrons. The number of rotatable bonds is 5. The van der Waals surface area contributed by atoms with E-state index in [9.17, 15) is 4.79 Å². The first-order chi connectivity index (χ1) is 12.8. The molecule has 1 amide bonds. The molecule has 0 spiro atoms.